The third-order valence-electron chi connectivity index (χ3n) is 5.37. The van der Waals surface area contributed by atoms with Crippen molar-refractivity contribution in [2.24, 2.45) is 0 Å². The van der Waals surface area contributed by atoms with Crippen LogP contribution in [0.25, 0.3) is 0 Å². The Balaban J connectivity index is 1.35. The molecule has 3 N–H and O–H groups in total. The van der Waals surface area contributed by atoms with Crippen molar-refractivity contribution in [3.05, 3.63) is 64.5 Å². The lowest BCUT2D eigenvalue weighted by atomic mass is 9.91. The third-order valence-corrected chi connectivity index (χ3v) is 5.37. The number of rotatable bonds is 6. The number of aliphatic hydroxyl groups excluding tert-OH is 1. The molecular formula is C21H23N3O3. The first-order valence-corrected chi connectivity index (χ1v) is 9.46. The molecular weight excluding hydrogens is 342 g/mol. The Bertz CT molecular complexity index is 881. The van der Waals surface area contributed by atoms with Gasteiger partial charge < -0.3 is 10.4 Å². The number of imide groups is 1. The topological polar surface area (TPSA) is 91.3 Å². The molecule has 6 heteroatoms. The van der Waals surface area contributed by atoms with Gasteiger partial charge in [-0.15, -0.1) is 0 Å². The minimum absolute atomic E-state index is 0.228. The van der Waals surface area contributed by atoms with E-state index in [1.54, 1.807) is 18.2 Å². The number of hydrogen-bond acceptors (Lipinski definition) is 5. The van der Waals surface area contributed by atoms with Gasteiger partial charge in [-0.1, -0.05) is 18.2 Å². The quantitative estimate of drug-likeness (QED) is 0.681. The highest BCUT2D eigenvalue weighted by Gasteiger charge is 2.29. The highest BCUT2D eigenvalue weighted by molar-refractivity contribution is 6.22. The Morgan fingerprint density at radius 1 is 1.22 bits per heavy atom. The van der Waals surface area contributed by atoms with E-state index < -0.39 is 6.10 Å². The second-order valence-electron chi connectivity index (χ2n) is 7.22. The molecule has 0 saturated heterocycles. The Morgan fingerprint density at radius 3 is 3.00 bits per heavy atom. The molecule has 0 bridgehead atoms. The van der Waals surface area contributed by atoms with Gasteiger partial charge in [-0.05, 0) is 61.9 Å². The van der Waals surface area contributed by atoms with Crippen LogP contribution in [0.5, 0.6) is 0 Å². The zero-order valence-corrected chi connectivity index (χ0v) is 15.1. The van der Waals surface area contributed by atoms with Crippen LogP contribution in [0, 0.1) is 0 Å². The standard InChI is InChI=1S/C21H23N3O3/c25-15(12-14-5-1-7-16-18(14)21(27)24-20(16)26)9-11-22-17-8-2-4-13-6-3-10-23-19(13)17/h1,3,5-7,10,15,17,22,25H,2,4,8-9,11-12H2,(H,24,26,27). The molecule has 1 aliphatic heterocycles. The minimum Gasteiger partial charge on any atom is -0.393 e. The normalized spacial score (nSPS) is 19.4. The Hall–Kier alpha value is -2.57. The summed E-state index contributed by atoms with van der Waals surface area (Å²) in [4.78, 5) is 28.3. The molecule has 2 aromatic rings. The van der Waals surface area contributed by atoms with Crippen molar-refractivity contribution < 1.29 is 14.7 Å². The molecule has 2 unspecified atom stereocenters. The van der Waals surface area contributed by atoms with Crippen LogP contribution in [0.15, 0.2) is 36.5 Å². The predicted octanol–water partition coefficient (Wildman–Crippen LogP) is 1.93. The molecule has 0 radical (unpaired) electrons. The molecule has 1 aliphatic carbocycles. The molecule has 1 aromatic carbocycles. The first-order valence-electron chi connectivity index (χ1n) is 9.46. The number of aliphatic hydroxyl groups is 1. The van der Waals surface area contributed by atoms with E-state index in [-0.39, 0.29) is 17.9 Å². The molecule has 27 heavy (non-hydrogen) atoms. The van der Waals surface area contributed by atoms with Crippen LogP contribution in [-0.2, 0) is 12.8 Å². The van der Waals surface area contributed by atoms with Crippen molar-refractivity contribution in [2.45, 2.75) is 44.2 Å². The highest BCUT2D eigenvalue weighted by Crippen LogP contribution is 2.27. The van der Waals surface area contributed by atoms with Crippen molar-refractivity contribution in [1.82, 2.24) is 15.6 Å². The highest BCUT2D eigenvalue weighted by atomic mass is 16.3. The SMILES string of the molecule is O=C1NC(=O)c2c(CC(O)CCNC3CCCc4cccnc43)cccc21. The number of nitrogens with zero attached hydrogens (tertiary/aromatic N) is 1. The summed E-state index contributed by atoms with van der Waals surface area (Å²) in [6, 6.07) is 9.53. The summed E-state index contributed by atoms with van der Waals surface area (Å²) in [6.07, 6.45) is 5.43. The maximum atomic E-state index is 12.0. The Kier molecular flexibility index (Phi) is 5.01. The molecule has 2 aliphatic rings. The smallest absolute Gasteiger partial charge is 0.259 e. The van der Waals surface area contributed by atoms with Crippen LogP contribution in [0.1, 0.15) is 62.8 Å². The number of carbonyl (C=O) groups is 2. The number of fused-ring (bicyclic) bond motifs is 2. The average molecular weight is 365 g/mol. The Morgan fingerprint density at radius 2 is 2.11 bits per heavy atom. The minimum atomic E-state index is -0.584. The van der Waals surface area contributed by atoms with Gasteiger partial charge in [0, 0.05) is 12.2 Å². The van der Waals surface area contributed by atoms with E-state index >= 15 is 0 Å². The van der Waals surface area contributed by atoms with Crippen molar-refractivity contribution in [1.29, 1.82) is 0 Å². The van der Waals surface area contributed by atoms with E-state index in [0.29, 0.717) is 36.1 Å². The maximum Gasteiger partial charge on any atom is 0.259 e. The fourth-order valence-electron chi connectivity index (χ4n) is 4.05. The van der Waals surface area contributed by atoms with Gasteiger partial charge in [-0.2, -0.15) is 0 Å². The molecule has 140 valence electrons. The van der Waals surface area contributed by atoms with Crippen LogP contribution >= 0.6 is 0 Å². The third kappa shape index (κ3) is 3.63. The van der Waals surface area contributed by atoms with Gasteiger partial charge in [-0.25, -0.2) is 0 Å². The lowest BCUT2D eigenvalue weighted by Crippen LogP contribution is -2.29. The lowest BCUT2D eigenvalue weighted by molar-refractivity contribution is 0.0879. The lowest BCUT2D eigenvalue weighted by Gasteiger charge is -2.25. The number of hydrogen-bond donors (Lipinski definition) is 3. The van der Waals surface area contributed by atoms with Gasteiger partial charge >= 0.3 is 0 Å². The summed E-state index contributed by atoms with van der Waals surface area (Å²) in [5.74, 6) is -0.739. The summed E-state index contributed by atoms with van der Waals surface area (Å²) in [6.45, 7) is 0.669. The number of carbonyl (C=O) groups excluding carboxylic acids is 2. The number of benzene rings is 1. The zero-order valence-electron chi connectivity index (χ0n) is 15.1. The molecule has 1 aromatic heterocycles. The first kappa shape index (κ1) is 17.8. The monoisotopic (exact) mass is 365 g/mol. The second kappa shape index (κ2) is 7.58. The number of aromatic nitrogens is 1. The summed E-state index contributed by atoms with van der Waals surface area (Å²) < 4.78 is 0. The van der Waals surface area contributed by atoms with Crippen LogP contribution in [0.4, 0.5) is 0 Å². The largest absolute Gasteiger partial charge is 0.393 e. The fraction of sp³-hybridized carbons (Fsp3) is 0.381. The van der Waals surface area contributed by atoms with Crippen molar-refractivity contribution >= 4 is 11.8 Å². The molecule has 0 fully saturated rings. The fourth-order valence-corrected chi connectivity index (χ4v) is 4.05. The van der Waals surface area contributed by atoms with Gasteiger partial charge in [0.15, 0.2) is 0 Å². The van der Waals surface area contributed by atoms with Crippen LogP contribution in [-0.4, -0.2) is 34.6 Å². The zero-order chi connectivity index (χ0) is 18.8. The molecule has 4 rings (SSSR count). The van der Waals surface area contributed by atoms with E-state index in [0.717, 1.165) is 25.0 Å². The molecule has 2 amide bonds. The van der Waals surface area contributed by atoms with Gasteiger partial charge in [0.1, 0.15) is 0 Å². The number of pyridine rings is 1. The van der Waals surface area contributed by atoms with E-state index in [1.807, 2.05) is 12.3 Å². The molecule has 2 heterocycles. The van der Waals surface area contributed by atoms with E-state index in [9.17, 15) is 14.7 Å². The first-order chi connectivity index (χ1) is 13.1. The molecule has 6 nitrogen and oxygen atoms in total. The molecule has 0 spiro atoms. The van der Waals surface area contributed by atoms with Gasteiger partial charge in [0.05, 0.1) is 22.9 Å². The summed E-state index contributed by atoms with van der Waals surface area (Å²) in [5, 5.41) is 16.3. The maximum absolute atomic E-state index is 12.0. The van der Waals surface area contributed by atoms with Gasteiger partial charge in [0.25, 0.3) is 11.8 Å². The van der Waals surface area contributed by atoms with Gasteiger partial charge in [-0.3, -0.25) is 19.9 Å². The van der Waals surface area contributed by atoms with Crippen molar-refractivity contribution in [3.8, 4) is 0 Å². The Labute approximate surface area is 158 Å². The van der Waals surface area contributed by atoms with E-state index in [1.165, 1.54) is 5.56 Å². The van der Waals surface area contributed by atoms with Crippen LogP contribution < -0.4 is 10.6 Å². The van der Waals surface area contributed by atoms with Gasteiger partial charge in [0.2, 0.25) is 0 Å². The molecule has 0 saturated carbocycles. The summed E-state index contributed by atoms with van der Waals surface area (Å²) >= 11 is 0. The van der Waals surface area contributed by atoms with E-state index in [4.69, 9.17) is 0 Å². The summed E-state index contributed by atoms with van der Waals surface area (Å²) in [5.41, 5.74) is 3.94. The number of nitrogens with one attached hydrogen (secondary N) is 2. The number of aryl methyl sites for hydroxylation is 1. The number of amides is 2. The summed E-state index contributed by atoms with van der Waals surface area (Å²) in [7, 11) is 0. The van der Waals surface area contributed by atoms with Crippen LogP contribution in [0.3, 0.4) is 0 Å². The molecule has 2 atom stereocenters. The van der Waals surface area contributed by atoms with Crippen molar-refractivity contribution in [3.63, 3.8) is 0 Å². The average Bonchev–Trinajstić information content (AvgIpc) is 2.97. The van der Waals surface area contributed by atoms with E-state index in [2.05, 4.69) is 21.7 Å². The van der Waals surface area contributed by atoms with Crippen LogP contribution in [0.2, 0.25) is 0 Å². The second-order valence-corrected chi connectivity index (χ2v) is 7.22. The van der Waals surface area contributed by atoms with Crippen molar-refractivity contribution in [2.75, 3.05) is 6.54 Å². The predicted molar refractivity (Wildman–Crippen MR) is 100 cm³/mol.